The van der Waals surface area contributed by atoms with Crippen molar-refractivity contribution in [2.75, 3.05) is 6.61 Å². The summed E-state index contributed by atoms with van der Waals surface area (Å²) < 4.78 is 5.60. The molecule has 0 saturated carbocycles. The second kappa shape index (κ2) is 7.43. The molecular weight excluding hydrogens is 310 g/mol. The Morgan fingerprint density at radius 1 is 1.38 bits per heavy atom. The number of carboxylic acids is 1. The van der Waals surface area contributed by atoms with Crippen LogP contribution in [0.1, 0.15) is 33.7 Å². The van der Waals surface area contributed by atoms with Crippen molar-refractivity contribution in [1.29, 1.82) is 0 Å². The van der Waals surface area contributed by atoms with Gasteiger partial charge >= 0.3 is 5.97 Å². The van der Waals surface area contributed by atoms with Gasteiger partial charge in [0, 0.05) is 11.4 Å². The molecule has 21 heavy (non-hydrogen) atoms. The molecule has 0 saturated heterocycles. The number of benzene rings is 1. The second-order valence-corrected chi connectivity index (χ2v) is 5.97. The topological polar surface area (TPSA) is 59.4 Å². The molecule has 0 aliphatic heterocycles. The van der Waals surface area contributed by atoms with Crippen molar-refractivity contribution in [2.24, 2.45) is 0 Å². The summed E-state index contributed by atoms with van der Waals surface area (Å²) in [6, 6.07) is 7.21. The smallest absolute Gasteiger partial charge is 0.347 e. The number of carbonyl (C=O) groups is 1. The number of aromatic nitrogens is 1. The first-order valence-electron chi connectivity index (χ1n) is 6.70. The van der Waals surface area contributed by atoms with E-state index in [1.54, 1.807) is 12.1 Å². The molecule has 2 rings (SSSR count). The highest BCUT2D eigenvalue weighted by atomic mass is 35.5. The van der Waals surface area contributed by atoms with Gasteiger partial charge in [0.05, 0.1) is 17.3 Å². The Bertz CT molecular complexity index is 610. The lowest BCUT2D eigenvalue weighted by molar-refractivity contribution is 0.0701. The van der Waals surface area contributed by atoms with Gasteiger partial charge in [-0.25, -0.2) is 9.78 Å². The number of carboxylic acid groups (broad SMARTS) is 1. The Morgan fingerprint density at radius 2 is 2.10 bits per heavy atom. The minimum Gasteiger partial charge on any atom is -0.494 e. The van der Waals surface area contributed by atoms with E-state index in [4.69, 9.17) is 21.4 Å². The quantitative estimate of drug-likeness (QED) is 0.780. The van der Waals surface area contributed by atoms with Gasteiger partial charge in [-0.3, -0.25) is 0 Å². The summed E-state index contributed by atoms with van der Waals surface area (Å²) >= 11 is 7.06. The molecule has 0 bridgehead atoms. The molecule has 0 aliphatic rings. The summed E-state index contributed by atoms with van der Waals surface area (Å²) in [4.78, 5) is 15.8. The molecule has 0 radical (unpaired) electrons. The number of hydrogen-bond acceptors (Lipinski definition) is 4. The monoisotopic (exact) mass is 325 g/mol. The normalized spacial score (nSPS) is 10.6. The van der Waals surface area contributed by atoms with E-state index in [1.807, 2.05) is 19.1 Å². The van der Waals surface area contributed by atoms with Crippen LogP contribution in [-0.2, 0) is 12.8 Å². The van der Waals surface area contributed by atoms with Gasteiger partial charge in [0.15, 0.2) is 0 Å². The van der Waals surface area contributed by atoms with Crippen LogP contribution in [-0.4, -0.2) is 22.7 Å². The number of nitrogens with zero attached hydrogens (tertiary/aromatic N) is 1. The van der Waals surface area contributed by atoms with Gasteiger partial charge in [-0.15, -0.1) is 11.3 Å². The van der Waals surface area contributed by atoms with Crippen LogP contribution in [0.3, 0.4) is 0 Å². The van der Waals surface area contributed by atoms with Crippen molar-refractivity contribution in [3.63, 3.8) is 0 Å². The molecule has 0 spiro atoms. The van der Waals surface area contributed by atoms with Gasteiger partial charge in [-0.2, -0.15) is 0 Å². The molecule has 0 aliphatic carbocycles. The van der Waals surface area contributed by atoms with Crippen LogP contribution in [0.5, 0.6) is 5.75 Å². The zero-order valence-electron chi connectivity index (χ0n) is 11.6. The molecule has 4 nitrogen and oxygen atoms in total. The average molecular weight is 326 g/mol. The van der Waals surface area contributed by atoms with Crippen molar-refractivity contribution >= 4 is 28.9 Å². The van der Waals surface area contributed by atoms with Crippen molar-refractivity contribution in [2.45, 2.75) is 26.2 Å². The number of rotatable bonds is 7. The van der Waals surface area contributed by atoms with Crippen molar-refractivity contribution < 1.29 is 14.6 Å². The maximum atomic E-state index is 11.1. The summed E-state index contributed by atoms with van der Waals surface area (Å²) in [6.45, 7) is 2.47. The second-order valence-electron chi connectivity index (χ2n) is 4.45. The Labute approximate surface area is 132 Å². The lowest BCUT2D eigenvalue weighted by atomic mass is 10.3. The van der Waals surface area contributed by atoms with E-state index in [0.717, 1.165) is 23.6 Å². The summed E-state index contributed by atoms with van der Waals surface area (Å²) in [5.41, 5.74) is 0.668. The Morgan fingerprint density at radius 3 is 2.67 bits per heavy atom. The first kappa shape index (κ1) is 15.8. The number of aromatic carboxylic acids is 1. The first-order chi connectivity index (χ1) is 10.1. The van der Waals surface area contributed by atoms with Gasteiger partial charge in [-0.1, -0.05) is 18.5 Å². The van der Waals surface area contributed by atoms with Crippen LogP contribution in [0.15, 0.2) is 24.3 Å². The van der Waals surface area contributed by atoms with Gasteiger partial charge in [0.1, 0.15) is 10.6 Å². The van der Waals surface area contributed by atoms with Gasteiger partial charge in [0.2, 0.25) is 0 Å². The van der Waals surface area contributed by atoms with Crippen LogP contribution >= 0.6 is 22.9 Å². The molecule has 1 aromatic carbocycles. The zero-order chi connectivity index (χ0) is 15.2. The molecule has 0 fully saturated rings. The third-order valence-electron chi connectivity index (χ3n) is 2.89. The van der Waals surface area contributed by atoms with Crippen molar-refractivity contribution in [3.8, 4) is 5.75 Å². The molecule has 2 aromatic rings. The molecular formula is C15H16ClNO3S. The van der Waals surface area contributed by atoms with Gasteiger partial charge < -0.3 is 9.84 Å². The third kappa shape index (κ3) is 4.44. The largest absolute Gasteiger partial charge is 0.494 e. The van der Waals surface area contributed by atoms with E-state index in [9.17, 15) is 4.79 Å². The number of aryl methyl sites for hydroxylation is 2. The third-order valence-corrected chi connectivity index (χ3v) is 4.29. The van der Waals surface area contributed by atoms with Gasteiger partial charge in [0.25, 0.3) is 0 Å². The van der Waals surface area contributed by atoms with Crippen LogP contribution in [0.25, 0.3) is 0 Å². The lowest BCUT2D eigenvalue weighted by Crippen LogP contribution is -1.99. The number of thiazole rings is 1. The summed E-state index contributed by atoms with van der Waals surface area (Å²) in [5, 5.41) is 10.6. The molecule has 1 aromatic heterocycles. The summed E-state index contributed by atoms with van der Waals surface area (Å²) in [5.74, 6) is -0.118. The fourth-order valence-electron chi connectivity index (χ4n) is 1.86. The highest BCUT2D eigenvalue weighted by Crippen LogP contribution is 2.21. The first-order valence-corrected chi connectivity index (χ1v) is 7.90. The molecule has 0 amide bonds. The van der Waals surface area contributed by atoms with E-state index < -0.39 is 5.97 Å². The number of halogens is 1. The highest BCUT2D eigenvalue weighted by molar-refractivity contribution is 7.13. The number of ether oxygens (including phenoxy) is 1. The Balaban J connectivity index is 1.83. The highest BCUT2D eigenvalue weighted by Gasteiger charge is 2.15. The molecule has 6 heteroatoms. The standard InChI is InChI=1S/C15H16ClNO3S/c1-2-12-14(15(18)19)21-13(17-12)4-3-9-20-11-7-5-10(16)6-8-11/h5-8H,2-4,9H2,1H3,(H,18,19). The van der Waals surface area contributed by atoms with Crippen LogP contribution in [0, 0.1) is 0 Å². The fourth-order valence-corrected chi connectivity index (χ4v) is 3.02. The van der Waals surface area contributed by atoms with E-state index in [1.165, 1.54) is 11.3 Å². The molecule has 1 N–H and O–H groups in total. The predicted octanol–water partition coefficient (Wildman–Crippen LogP) is 4.07. The van der Waals surface area contributed by atoms with Crippen molar-refractivity contribution in [3.05, 3.63) is 44.9 Å². The van der Waals surface area contributed by atoms with Crippen molar-refractivity contribution in [1.82, 2.24) is 4.98 Å². The van der Waals surface area contributed by atoms with E-state index >= 15 is 0 Å². The number of hydrogen-bond donors (Lipinski definition) is 1. The summed E-state index contributed by atoms with van der Waals surface area (Å²) in [6.07, 6.45) is 2.15. The average Bonchev–Trinajstić information content (AvgIpc) is 2.89. The zero-order valence-corrected chi connectivity index (χ0v) is 13.2. The van der Waals surface area contributed by atoms with Crippen LogP contribution in [0.4, 0.5) is 0 Å². The minimum absolute atomic E-state index is 0.353. The summed E-state index contributed by atoms with van der Waals surface area (Å²) in [7, 11) is 0. The molecule has 1 heterocycles. The van der Waals surface area contributed by atoms with E-state index in [-0.39, 0.29) is 0 Å². The van der Waals surface area contributed by atoms with Gasteiger partial charge in [-0.05, 0) is 37.1 Å². The van der Waals surface area contributed by atoms with Crippen LogP contribution in [0.2, 0.25) is 5.02 Å². The molecule has 112 valence electrons. The SMILES string of the molecule is CCc1nc(CCCOc2ccc(Cl)cc2)sc1C(=O)O. The fraction of sp³-hybridized carbons (Fsp3) is 0.333. The Kier molecular flexibility index (Phi) is 5.59. The molecule has 0 unspecified atom stereocenters. The van der Waals surface area contributed by atoms with E-state index in [0.29, 0.717) is 28.6 Å². The van der Waals surface area contributed by atoms with E-state index in [2.05, 4.69) is 4.98 Å². The maximum Gasteiger partial charge on any atom is 0.347 e. The maximum absolute atomic E-state index is 11.1. The van der Waals surface area contributed by atoms with Crippen LogP contribution < -0.4 is 4.74 Å². The lowest BCUT2D eigenvalue weighted by Gasteiger charge is -2.04. The predicted molar refractivity (Wildman–Crippen MR) is 83.7 cm³/mol. The minimum atomic E-state index is -0.895. The Hall–Kier alpha value is -1.59. The molecule has 0 atom stereocenters.